The van der Waals surface area contributed by atoms with Crippen LogP contribution in [0.3, 0.4) is 0 Å². The molecule has 1 heterocycles. The second kappa shape index (κ2) is 4.88. The Bertz CT molecular complexity index is 621. The van der Waals surface area contributed by atoms with E-state index in [2.05, 4.69) is 15.9 Å². The molecule has 1 aromatic heterocycles. The third-order valence-corrected chi connectivity index (χ3v) is 5.36. The van der Waals surface area contributed by atoms with E-state index >= 15 is 0 Å². The summed E-state index contributed by atoms with van der Waals surface area (Å²) in [5.41, 5.74) is 0.442. The molecule has 1 aromatic carbocycles. The summed E-state index contributed by atoms with van der Waals surface area (Å²) >= 11 is 4.35. The van der Waals surface area contributed by atoms with E-state index in [-0.39, 0.29) is 10.6 Å². The second-order valence-electron chi connectivity index (χ2n) is 3.47. The van der Waals surface area contributed by atoms with Crippen LogP contribution < -0.4 is 0 Å². The molecule has 2 nitrogen and oxygen atoms in total. The smallest absolute Gasteiger partial charge is 0.183 e. The van der Waals surface area contributed by atoms with Gasteiger partial charge in [-0.2, -0.15) is 11.3 Å². The minimum atomic E-state index is -3.37. The molecule has 0 N–H and O–H groups in total. The zero-order valence-corrected chi connectivity index (χ0v) is 11.8. The van der Waals surface area contributed by atoms with Crippen LogP contribution >= 0.6 is 27.3 Å². The maximum absolute atomic E-state index is 13.3. The molecule has 0 aliphatic heterocycles. The largest absolute Gasteiger partial charge is 0.223 e. The van der Waals surface area contributed by atoms with Crippen LogP contribution in [0.25, 0.3) is 0 Å². The first-order valence-electron chi connectivity index (χ1n) is 4.68. The first-order valence-corrected chi connectivity index (χ1v) is 8.07. The fourth-order valence-corrected chi connectivity index (χ4v) is 4.02. The van der Waals surface area contributed by atoms with Crippen LogP contribution in [0.2, 0.25) is 0 Å². The lowest BCUT2D eigenvalue weighted by molar-refractivity contribution is 0.595. The van der Waals surface area contributed by atoms with Crippen LogP contribution in [0.5, 0.6) is 0 Å². The van der Waals surface area contributed by atoms with Gasteiger partial charge < -0.3 is 0 Å². The highest BCUT2D eigenvalue weighted by atomic mass is 79.9. The van der Waals surface area contributed by atoms with E-state index in [1.165, 1.54) is 23.5 Å². The Morgan fingerprint density at radius 2 is 2.06 bits per heavy atom. The summed E-state index contributed by atoms with van der Waals surface area (Å²) in [5, 5.41) is 3.28. The van der Waals surface area contributed by atoms with E-state index in [4.69, 9.17) is 0 Å². The van der Waals surface area contributed by atoms with Crippen LogP contribution in [0.4, 0.5) is 4.39 Å². The summed E-state index contributed by atoms with van der Waals surface area (Å²) in [6.45, 7) is 0. The van der Waals surface area contributed by atoms with Gasteiger partial charge in [0.15, 0.2) is 9.84 Å². The highest BCUT2D eigenvalue weighted by Crippen LogP contribution is 2.22. The number of thiophene rings is 1. The second-order valence-corrected chi connectivity index (χ2v) is 7.09. The van der Waals surface area contributed by atoms with Gasteiger partial charge >= 0.3 is 0 Å². The molecule has 0 fully saturated rings. The van der Waals surface area contributed by atoms with Gasteiger partial charge in [-0.05, 0) is 45.1 Å². The number of benzene rings is 1. The van der Waals surface area contributed by atoms with Crippen molar-refractivity contribution in [3.63, 3.8) is 0 Å². The zero-order chi connectivity index (χ0) is 12.5. The first-order chi connectivity index (χ1) is 7.99. The molecule has 2 rings (SSSR count). The molecule has 0 saturated carbocycles. The standard InChI is InChI=1S/C11H8BrFO2S2/c12-10-2-1-8(5-11(10)13)7-17(14,15)9-3-4-16-6-9/h1-6H,7H2. The summed E-state index contributed by atoms with van der Waals surface area (Å²) in [7, 11) is -3.37. The quantitative estimate of drug-likeness (QED) is 0.858. The average molecular weight is 335 g/mol. The molecule has 6 heteroatoms. The molecule has 90 valence electrons. The Labute approximate surface area is 111 Å². The Balaban J connectivity index is 2.30. The summed E-state index contributed by atoms with van der Waals surface area (Å²) in [5.74, 6) is -0.642. The van der Waals surface area contributed by atoms with Crippen molar-refractivity contribution in [3.05, 3.63) is 50.9 Å². The van der Waals surface area contributed by atoms with Gasteiger partial charge in [0.1, 0.15) is 5.82 Å². The molecule has 0 atom stereocenters. The predicted molar refractivity (Wildman–Crippen MR) is 69.3 cm³/mol. The summed E-state index contributed by atoms with van der Waals surface area (Å²) in [6, 6.07) is 5.88. The first kappa shape index (κ1) is 12.7. The van der Waals surface area contributed by atoms with Crippen LogP contribution in [-0.2, 0) is 15.6 Å². The van der Waals surface area contributed by atoms with E-state index in [0.717, 1.165) is 0 Å². The normalized spacial score (nSPS) is 11.6. The maximum Gasteiger partial charge on any atom is 0.183 e. The third kappa shape index (κ3) is 2.94. The summed E-state index contributed by atoms with van der Waals surface area (Å²) < 4.78 is 37.4. The molecule has 0 unspecified atom stereocenters. The number of rotatable bonds is 3. The monoisotopic (exact) mass is 334 g/mol. The van der Waals surface area contributed by atoms with Crippen molar-refractivity contribution in [2.45, 2.75) is 10.6 Å². The highest BCUT2D eigenvalue weighted by Gasteiger charge is 2.16. The highest BCUT2D eigenvalue weighted by molar-refractivity contribution is 9.10. The van der Waals surface area contributed by atoms with Gasteiger partial charge in [-0.1, -0.05) is 6.07 Å². The van der Waals surface area contributed by atoms with Crippen molar-refractivity contribution in [2.24, 2.45) is 0 Å². The minimum Gasteiger partial charge on any atom is -0.223 e. The van der Waals surface area contributed by atoms with Gasteiger partial charge in [0, 0.05) is 5.38 Å². The van der Waals surface area contributed by atoms with Gasteiger partial charge in [-0.3, -0.25) is 0 Å². The number of sulfone groups is 1. The van der Waals surface area contributed by atoms with Crippen molar-refractivity contribution in [1.82, 2.24) is 0 Å². The average Bonchev–Trinajstić information content (AvgIpc) is 2.77. The molecule has 0 aliphatic rings. The van der Waals surface area contributed by atoms with E-state index < -0.39 is 15.7 Å². The topological polar surface area (TPSA) is 34.1 Å². The number of hydrogen-bond donors (Lipinski definition) is 0. The maximum atomic E-state index is 13.3. The molecular formula is C11H8BrFO2S2. The Morgan fingerprint density at radius 1 is 1.29 bits per heavy atom. The molecular weight excluding hydrogens is 327 g/mol. The lowest BCUT2D eigenvalue weighted by Gasteiger charge is -2.03. The minimum absolute atomic E-state index is 0.187. The number of hydrogen-bond acceptors (Lipinski definition) is 3. The van der Waals surface area contributed by atoms with Gasteiger partial charge in [-0.25, -0.2) is 12.8 Å². The molecule has 17 heavy (non-hydrogen) atoms. The van der Waals surface area contributed by atoms with Crippen molar-refractivity contribution >= 4 is 37.1 Å². The van der Waals surface area contributed by atoms with Gasteiger partial charge in [0.05, 0.1) is 15.1 Å². The van der Waals surface area contributed by atoms with E-state index in [1.54, 1.807) is 22.9 Å². The van der Waals surface area contributed by atoms with Crippen molar-refractivity contribution in [1.29, 1.82) is 0 Å². The Hall–Kier alpha value is -0.720. The fraction of sp³-hybridized carbons (Fsp3) is 0.0909. The molecule has 0 saturated heterocycles. The lowest BCUT2D eigenvalue weighted by atomic mass is 10.2. The van der Waals surface area contributed by atoms with Crippen LogP contribution in [0.15, 0.2) is 44.4 Å². The van der Waals surface area contributed by atoms with Crippen molar-refractivity contribution in [2.75, 3.05) is 0 Å². The van der Waals surface area contributed by atoms with Gasteiger partial charge in [0.2, 0.25) is 0 Å². The van der Waals surface area contributed by atoms with Gasteiger partial charge in [-0.15, -0.1) is 0 Å². The van der Waals surface area contributed by atoms with E-state index in [0.29, 0.717) is 10.0 Å². The SMILES string of the molecule is O=S(=O)(Cc1ccc(Br)c(F)c1)c1ccsc1. The van der Waals surface area contributed by atoms with Crippen LogP contribution in [0.1, 0.15) is 5.56 Å². The lowest BCUT2D eigenvalue weighted by Crippen LogP contribution is -2.04. The molecule has 0 aliphatic carbocycles. The Morgan fingerprint density at radius 3 is 2.65 bits per heavy atom. The summed E-state index contributed by atoms with van der Waals surface area (Å²) in [6.07, 6.45) is 0. The van der Waals surface area contributed by atoms with Crippen LogP contribution in [-0.4, -0.2) is 8.42 Å². The van der Waals surface area contributed by atoms with E-state index in [9.17, 15) is 12.8 Å². The van der Waals surface area contributed by atoms with Gasteiger partial charge in [0.25, 0.3) is 0 Å². The van der Waals surface area contributed by atoms with Crippen molar-refractivity contribution in [3.8, 4) is 0 Å². The van der Waals surface area contributed by atoms with E-state index in [1.807, 2.05) is 0 Å². The molecule has 2 aromatic rings. The third-order valence-electron chi connectivity index (χ3n) is 2.19. The molecule has 0 bridgehead atoms. The molecule has 0 radical (unpaired) electrons. The molecule has 0 spiro atoms. The number of halogens is 2. The Kier molecular flexibility index (Phi) is 3.65. The molecule has 0 amide bonds. The summed E-state index contributed by atoms with van der Waals surface area (Å²) in [4.78, 5) is 0.283. The van der Waals surface area contributed by atoms with Crippen molar-refractivity contribution < 1.29 is 12.8 Å². The fourth-order valence-electron chi connectivity index (χ4n) is 1.36. The zero-order valence-electron chi connectivity index (χ0n) is 8.56. The van der Waals surface area contributed by atoms with Crippen LogP contribution in [0, 0.1) is 5.82 Å². The predicted octanol–water partition coefficient (Wildman–Crippen LogP) is 3.62.